The van der Waals surface area contributed by atoms with Crippen molar-refractivity contribution in [2.45, 2.75) is 13.8 Å². The van der Waals surface area contributed by atoms with Crippen LogP contribution < -0.4 is 9.62 Å². The lowest BCUT2D eigenvalue weighted by Gasteiger charge is -2.24. The van der Waals surface area contributed by atoms with Gasteiger partial charge >= 0.3 is 0 Å². The first-order valence-electron chi connectivity index (χ1n) is 7.28. The van der Waals surface area contributed by atoms with E-state index in [0.29, 0.717) is 16.4 Å². The first-order chi connectivity index (χ1) is 11.2. The Hall–Kier alpha value is -2.05. The van der Waals surface area contributed by atoms with Crippen molar-refractivity contribution in [3.63, 3.8) is 0 Å². The Morgan fingerprint density at radius 3 is 2.46 bits per heavy atom. The molecule has 7 heteroatoms. The summed E-state index contributed by atoms with van der Waals surface area (Å²) in [5, 5.41) is 3.03. The SMILES string of the molecule is Cc1ccc(C)c(N(CC(=O)Nc2ccccc2Cl)S(C)(=O)=O)c1. The van der Waals surface area contributed by atoms with Crippen molar-refractivity contribution in [3.05, 3.63) is 58.6 Å². The average Bonchev–Trinajstić information content (AvgIpc) is 2.49. The van der Waals surface area contributed by atoms with E-state index in [-0.39, 0.29) is 6.54 Å². The maximum atomic E-state index is 12.3. The largest absolute Gasteiger partial charge is 0.323 e. The molecular formula is C17H19ClN2O3S. The Bertz CT molecular complexity index is 866. The number of carbonyl (C=O) groups is 1. The molecule has 0 radical (unpaired) electrons. The molecule has 0 aromatic heterocycles. The van der Waals surface area contributed by atoms with Crippen LogP contribution in [0.2, 0.25) is 5.02 Å². The van der Waals surface area contributed by atoms with Gasteiger partial charge in [0.25, 0.3) is 0 Å². The van der Waals surface area contributed by atoms with E-state index >= 15 is 0 Å². The lowest BCUT2D eigenvalue weighted by Crippen LogP contribution is -2.38. The predicted molar refractivity (Wildman–Crippen MR) is 98.2 cm³/mol. The summed E-state index contributed by atoms with van der Waals surface area (Å²) in [5.74, 6) is -0.463. The fraction of sp³-hybridized carbons (Fsp3) is 0.235. The van der Waals surface area contributed by atoms with Gasteiger partial charge in [-0.05, 0) is 43.2 Å². The Kier molecular flexibility index (Phi) is 5.51. The molecule has 24 heavy (non-hydrogen) atoms. The summed E-state index contributed by atoms with van der Waals surface area (Å²) in [6.07, 6.45) is 1.08. The van der Waals surface area contributed by atoms with E-state index in [4.69, 9.17) is 11.6 Å². The molecule has 0 fully saturated rings. The summed E-state index contributed by atoms with van der Waals surface area (Å²) in [6.45, 7) is 3.35. The fourth-order valence-corrected chi connectivity index (χ4v) is 3.34. The van der Waals surface area contributed by atoms with Gasteiger partial charge in [-0.15, -0.1) is 0 Å². The molecule has 0 aliphatic rings. The van der Waals surface area contributed by atoms with Crippen LogP contribution in [-0.2, 0) is 14.8 Å². The molecule has 0 unspecified atom stereocenters. The van der Waals surface area contributed by atoms with Gasteiger partial charge in [-0.3, -0.25) is 9.10 Å². The molecule has 0 aliphatic heterocycles. The third-order valence-corrected chi connectivity index (χ3v) is 4.92. The van der Waals surface area contributed by atoms with Gasteiger partial charge in [-0.1, -0.05) is 35.9 Å². The van der Waals surface area contributed by atoms with Crippen molar-refractivity contribution in [1.29, 1.82) is 0 Å². The molecule has 2 aromatic carbocycles. The van der Waals surface area contributed by atoms with E-state index in [1.807, 2.05) is 19.1 Å². The van der Waals surface area contributed by atoms with Crippen LogP contribution in [0.15, 0.2) is 42.5 Å². The first kappa shape index (κ1) is 18.3. The summed E-state index contributed by atoms with van der Waals surface area (Å²) in [5.41, 5.74) is 2.62. The number of hydrogen-bond donors (Lipinski definition) is 1. The van der Waals surface area contributed by atoms with E-state index in [1.54, 1.807) is 37.3 Å². The zero-order valence-corrected chi connectivity index (χ0v) is 15.3. The minimum absolute atomic E-state index is 0.325. The van der Waals surface area contributed by atoms with Gasteiger partial charge in [0.15, 0.2) is 0 Å². The number of aryl methyl sites for hydroxylation is 2. The minimum atomic E-state index is -3.62. The summed E-state index contributed by atoms with van der Waals surface area (Å²) in [6, 6.07) is 12.3. The van der Waals surface area contributed by atoms with Crippen molar-refractivity contribution in [1.82, 2.24) is 0 Å². The van der Waals surface area contributed by atoms with Crippen molar-refractivity contribution in [2.24, 2.45) is 0 Å². The molecule has 5 nitrogen and oxygen atoms in total. The molecular weight excluding hydrogens is 348 g/mol. The summed E-state index contributed by atoms with van der Waals surface area (Å²) >= 11 is 6.01. The second-order valence-electron chi connectivity index (χ2n) is 5.59. The molecule has 0 saturated carbocycles. The standard InChI is InChI=1S/C17H19ClN2O3S/c1-12-8-9-13(2)16(10-12)20(24(3,22)23)11-17(21)19-15-7-5-4-6-14(15)18/h4-10H,11H2,1-3H3,(H,19,21). The molecule has 0 atom stereocenters. The highest BCUT2D eigenvalue weighted by molar-refractivity contribution is 7.92. The van der Waals surface area contributed by atoms with Crippen LogP contribution in [0.25, 0.3) is 0 Å². The number of rotatable bonds is 5. The highest BCUT2D eigenvalue weighted by Gasteiger charge is 2.22. The minimum Gasteiger partial charge on any atom is -0.323 e. The lowest BCUT2D eigenvalue weighted by atomic mass is 10.1. The van der Waals surface area contributed by atoms with Crippen LogP contribution >= 0.6 is 11.6 Å². The number of nitrogens with one attached hydrogen (secondary N) is 1. The van der Waals surface area contributed by atoms with Crippen molar-refractivity contribution in [2.75, 3.05) is 22.4 Å². The van der Waals surface area contributed by atoms with E-state index in [1.165, 1.54) is 0 Å². The molecule has 0 heterocycles. The Balaban J connectivity index is 2.29. The zero-order valence-electron chi connectivity index (χ0n) is 13.7. The van der Waals surface area contributed by atoms with Crippen molar-refractivity contribution < 1.29 is 13.2 Å². The molecule has 1 amide bonds. The van der Waals surface area contributed by atoms with Gasteiger partial charge < -0.3 is 5.32 Å². The summed E-state index contributed by atoms with van der Waals surface area (Å²) in [7, 11) is -3.62. The normalized spacial score (nSPS) is 11.2. The maximum Gasteiger partial charge on any atom is 0.245 e. The van der Waals surface area contributed by atoms with Crippen molar-refractivity contribution in [3.8, 4) is 0 Å². The van der Waals surface area contributed by atoms with E-state index < -0.39 is 15.9 Å². The Labute approximate surface area is 147 Å². The second kappa shape index (κ2) is 7.23. The van der Waals surface area contributed by atoms with E-state index in [9.17, 15) is 13.2 Å². The number of halogens is 1. The molecule has 2 rings (SSSR count). The molecule has 0 spiro atoms. The quantitative estimate of drug-likeness (QED) is 0.882. The Morgan fingerprint density at radius 2 is 1.83 bits per heavy atom. The van der Waals surface area contributed by atoms with E-state index in [2.05, 4.69) is 5.32 Å². The van der Waals surface area contributed by atoms with Gasteiger partial charge in [0.1, 0.15) is 6.54 Å². The number of para-hydroxylation sites is 1. The predicted octanol–water partition coefficient (Wildman–Crippen LogP) is 3.36. The molecule has 128 valence electrons. The molecule has 1 N–H and O–H groups in total. The second-order valence-corrected chi connectivity index (χ2v) is 7.90. The number of anilines is 2. The fourth-order valence-electron chi connectivity index (χ4n) is 2.25. The topological polar surface area (TPSA) is 66.5 Å². The van der Waals surface area contributed by atoms with Gasteiger partial charge in [0.05, 0.1) is 22.7 Å². The highest BCUT2D eigenvalue weighted by Crippen LogP contribution is 2.25. The molecule has 0 bridgehead atoms. The smallest absolute Gasteiger partial charge is 0.245 e. The summed E-state index contributed by atoms with van der Waals surface area (Å²) in [4.78, 5) is 12.3. The van der Waals surface area contributed by atoms with Crippen LogP contribution in [-0.4, -0.2) is 27.1 Å². The Morgan fingerprint density at radius 1 is 1.17 bits per heavy atom. The van der Waals surface area contributed by atoms with Crippen LogP contribution in [0.1, 0.15) is 11.1 Å². The average molecular weight is 367 g/mol. The number of amides is 1. The van der Waals surface area contributed by atoms with Crippen LogP contribution in [0, 0.1) is 13.8 Å². The van der Waals surface area contributed by atoms with Gasteiger partial charge in [-0.2, -0.15) is 0 Å². The summed E-state index contributed by atoms with van der Waals surface area (Å²) < 4.78 is 25.4. The lowest BCUT2D eigenvalue weighted by molar-refractivity contribution is -0.114. The maximum absolute atomic E-state index is 12.3. The number of sulfonamides is 1. The molecule has 0 saturated heterocycles. The van der Waals surface area contributed by atoms with Crippen LogP contribution in [0.3, 0.4) is 0 Å². The van der Waals surface area contributed by atoms with Crippen LogP contribution in [0.4, 0.5) is 11.4 Å². The highest BCUT2D eigenvalue weighted by atomic mass is 35.5. The van der Waals surface area contributed by atoms with Gasteiger partial charge in [0.2, 0.25) is 15.9 Å². The van der Waals surface area contributed by atoms with Crippen LogP contribution in [0.5, 0.6) is 0 Å². The molecule has 0 aliphatic carbocycles. The number of hydrogen-bond acceptors (Lipinski definition) is 3. The van der Waals surface area contributed by atoms with Crippen molar-refractivity contribution >= 4 is 38.9 Å². The number of benzene rings is 2. The van der Waals surface area contributed by atoms with E-state index in [0.717, 1.165) is 21.7 Å². The zero-order chi connectivity index (χ0) is 17.9. The van der Waals surface area contributed by atoms with Gasteiger partial charge in [-0.25, -0.2) is 8.42 Å². The monoisotopic (exact) mass is 366 g/mol. The first-order valence-corrected chi connectivity index (χ1v) is 9.50. The third-order valence-electron chi connectivity index (χ3n) is 3.47. The number of carbonyl (C=O) groups excluding carboxylic acids is 1. The van der Waals surface area contributed by atoms with Gasteiger partial charge in [0, 0.05) is 0 Å². The molecule has 2 aromatic rings. The third kappa shape index (κ3) is 4.49. The number of nitrogens with zero attached hydrogens (tertiary/aromatic N) is 1.